The highest BCUT2D eigenvalue weighted by molar-refractivity contribution is 6.15. The highest BCUT2D eigenvalue weighted by atomic mass is 16.6. The van der Waals surface area contributed by atoms with E-state index in [9.17, 15) is 19.2 Å². The van der Waals surface area contributed by atoms with Crippen LogP contribution in [0.1, 0.15) is 26.3 Å². The maximum Gasteiger partial charge on any atom is 0.346 e. The van der Waals surface area contributed by atoms with E-state index in [2.05, 4.69) is 15.2 Å². The van der Waals surface area contributed by atoms with Gasteiger partial charge in [-0.05, 0) is 29.8 Å². The molecule has 2 heterocycles. The molecule has 1 aromatic rings. The monoisotopic (exact) mass is 294 g/mol. The fraction of sp³-hybridized carbons (Fsp3) is 0.0625. The van der Waals surface area contributed by atoms with Gasteiger partial charge in [0.1, 0.15) is 5.92 Å². The van der Waals surface area contributed by atoms with Crippen molar-refractivity contribution >= 4 is 29.5 Å². The van der Waals surface area contributed by atoms with Gasteiger partial charge in [-0.1, -0.05) is 6.07 Å². The van der Waals surface area contributed by atoms with Crippen LogP contribution in [-0.2, 0) is 19.1 Å². The van der Waals surface area contributed by atoms with Crippen molar-refractivity contribution in [2.24, 2.45) is 5.92 Å². The lowest BCUT2D eigenvalue weighted by molar-refractivity contribution is -0.152. The Labute approximate surface area is 123 Å². The normalized spacial score (nSPS) is 21.9. The van der Waals surface area contributed by atoms with Crippen LogP contribution in [0.15, 0.2) is 41.7 Å². The summed E-state index contributed by atoms with van der Waals surface area (Å²) >= 11 is 0. The average Bonchev–Trinajstić information content (AvgIpc) is 2.96. The first-order chi connectivity index (χ1) is 10.5. The van der Waals surface area contributed by atoms with Gasteiger partial charge < -0.3 is 9.47 Å². The van der Waals surface area contributed by atoms with Crippen LogP contribution in [0.25, 0.3) is 5.57 Å². The summed E-state index contributed by atoms with van der Waals surface area (Å²) < 4.78 is 9.07. The summed E-state index contributed by atoms with van der Waals surface area (Å²) in [7, 11) is 0. The largest absolute Gasteiger partial charge is 0.389 e. The number of benzene rings is 1. The molecule has 0 amide bonds. The van der Waals surface area contributed by atoms with Crippen LogP contribution >= 0.6 is 0 Å². The minimum Gasteiger partial charge on any atom is -0.389 e. The number of hydrogen-bond acceptors (Lipinski definition) is 6. The number of esters is 4. The van der Waals surface area contributed by atoms with Crippen LogP contribution < -0.4 is 0 Å². The molecule has 0 radical (unpaired) electrons. The average molecular weight is 294 g/mol. The molecule has 0 saturated carbocycles. The maximum atomic E-state index is 11.6. The highest BCUT2D eigenvalue weighted by Gasteiger charge is 2.39. The fourth-order valence-corrected chi connectivity index (χ4v) is 2.56. The van der Waals surface area contributed by atoms with Crippen molar-refractivity contribution in [3.63, 3.8) is 0 Å². The third kappa shape index (κ3) is 1.62. The Hall–Kier alpha value is -3.24. The molecule has 6 nitrogen and oxygen atoms in total. The predicted octanol–water partition coefficient (Wildman–Crippen LogP) is 1.18. The summed E-state index contributed by atoms with van der Waals surface area (Å²) in [6.07, 6.45) is 2.95. The number of hydrogen-bond donors (Lipinski definition) is 0. The third-order valence-electron chi connectivity index (χ3n) is 3.68. The number of allylic oxidation sites excluding steroid dienone is 1. The lowest BCUT2D eigenvalue weighted by Crippen LogP contribution is -2.07. The zero-order valence-electron chi connectivity index (χ0n) is 10.9. The van der Waals surface area contributed by atoms with E-state index in [1.807, 2.05) is 0 Å². The van der Waals surface area contributed by atoms with Crippen molar-refractivity contribution in [3.05, 3.63) is 58.3 Å². The SMILES string of the molecule is O=C1OC(=O)C2C=C=C(c3ccc4c(c3)C(=O)OC4=O)C=C12. The Bertz CT molecular complexity index is 895. The molecule has 1 aliphatic carbocycles. The van der Waals surface area contributed by atoms with E-state index in [-0.39, 0.29) is 16.7 Å². The molecule has 0 bridgehead atoms. The predicted molar refractivity (Wildman–Crippen MR) is 70.4 cm³/mol. The standard InChI is InChI=1S/C16H6O6/c17-13-9-3-1-7(5-11(9)15(19)21-13)8-2-4-10-12(6-8)16(20)22-14(10)18/h1,3-6,10H. The molecular formula is C16H6O6. The molecule has 1 fully saturated rings. The zero-order chi connectivity index (χ0) is 15.4. The lowest BCUT2D eigenvalue weighted by Gasteiger charge is -2.07. The van der Waals surface area contributed by atoms with Gasteiger partial charge in [-0.2, -0.15) is 0 Å². The fourth-order valence-electron chi connectivity index (χ4n) is 2.56. The first-order valence-corrected chi connectivity index (χ1v) is 6.40. The maximum absolute atomic E-state index is 11.6. The molecule has 4 rings (SSSR count). The van der Waals surface area contributed by atoms with Crippen LogP contribution in [-0.4, -0.2) is 23.9 Å². The van der Waals surface area contributed by atoms with Gasteiger partial charge in [0.15, 0.2) is 0 Å². The van der Waals surface area contributed by atoms with Gasteiger partial charge in [0.05, 0.1) is 16.7 Å². The van der Waals surface area contributed by atoms with Gasteiger partial charge >= 0.3 is 23.9 Å². The summed E-state index contributed by atoms with van der Waals surface area (Å²) in [4.78, 5) is 46.0. The second-order valence-electron chi connectivity index (χ2n) is 4.95. The Balaban J connectivity index is 1.82. The third-order valence-corrected chi connectivity index (χ3v) is 3.68. The minimum absolute atomic E-state index is 0.169. The van der Waals surface area contributed by atoms with E-state index in [1.54, 1.807) is 6.07 Å². The van der Waals surface area contributed by atoms with Crippen molar-refractivity contribution in [2.45, 2.75) is 0 Å². The Morgan fingerprint density at radius 2 is 1.68 bits per heavy atom. The quantitative estimate of drug-likeness (QED) is 0.439. The van der Waals surface area contributed by atoms with Gasteiger partial charge in [0.25, 0.3) is 0 Å². The molecule has 106 valence electrons. The molecule has 1 aromatic carbocycles. The van der Waals surface area contributed by atoms with Crippen molar-refractivity contribution in [1.29, 1.82) is 0 Å². The second-order valence-corrected chi connectivity index (χ2v) is 4.95. The molecule has 6 heteroatoms. The number of carbonyl (C=O) groups is 4. The lowest BCUT2D eigenvalue weighted by atomic mass is 9.91. The van der Waals surface area contributed by atoms with Crippen LogP contribution in [0.5, 0.6) is 0 Å². The molecule has 0 N–H and O–H groups in total. The summed E-state index contributed by atoms with van der Waals surface area (Å²) in [6, 6.07) is 4.60. The molecule has 3 aliphatic rings. The number of cyclic esters (lactones) is 4. The first-order valence-electron chi connectivity index (χ1n) is 6.40. The molecule has 0 spiro atoms. The van der Waals surface area contributed by atoms with Crippen LogP contribution in [0.4, 0.5) is 0 Å². The molecule has 0 aromatic heterocycles. The van der Waals surface area contributed by atoms with Gasteiger partial charge in [-0.25, -0.2) is 14.4 Å². The van der Waals surface area contributed by atoms with Crippen LogP contribution in [0.3, 0.4) is 0 Å². The van der Waals surface area contributed by atoms with E-state index in [4.69, 9.17) is 0 Å². The number of fused-ring (bicyclic) bond motifs is 2. The Morgan fingerprint density at radius 1 is 0.909 bits per heavy atom. The first kappa shape index (κ1) is 12.5. The molecule has 1 saturated heterocycles. The Morgan fingerprint density at radius 3 is 2.50 bits per heavy atom. The van der Waals surface area contributed by atoms with Gasteiger partial charge in [0, 0.05) is 5.57 Å². The van der Waals surface area contributed by atoms with Crippen molar-refractivity contribution < 1.29 is 28.7 Å². The molecule has 1 unspecified atom stereocenters. The molecule has 2 aliphatic heterocycles. The summed E-state index contributed by atoms with van der Waals surface area (Å²) in [5.74, 6) is -3.41. The number of ether oxygens (including phenoxy) is 2. The summed E-state index contributed by atoms with van der Waals surface area (Å²) in [5, 5.41) is 0. The smallest absolute Gasteiger partial charge is 0.346 e. The molecule has 1 atom stereocenters. The van der Waals surface area contributed by atoms with Gasteiger partial charge in [0.2, 0.25) is 0 Å². The molecule has 22 heavy (non-hydrogen) atoms. The van der Waals surface area contributed by atoms with E-state index in [0.717, 1.165) is 0 Å². The van der Waals surface area contributed by atoms with E-state index in [1.165, 1.54) is 24.3 Å². The summed E-state index contributed by atoms with van der Waals surface area (Å²) in [5.41, 5.74) is 4.61. The summed E-state index contributed by atoms with van der Waals surface area (Å²) in [6.45, 7) is 0. The van der Waals surface area contributed by atoms with Gasteiger partial charge in [-0.3, -0.25) is 4.79 Å². The van der Waals surface area contributed by atoms with Crippen molar-refractivity contribution in [1.82, 2.24) is 0 Å². The zero-order valence-corrected chi connectivity index (χ0v) is 10.9. The number of carbonyl (C=O) groups excluding carboxylic acids is 4. The van der Waals surface area contributed by atoms with E-state index in [0.29, 0.717) is 11.1 Å². The van der Waals surface area contributed by atoms with Crippen molar-refractivity contribution in [2.75, 3.05) is 0 Å². The topological polar surface area (TPSA) is 86.7 Å². The minimum atomic E-state index is -0.725. The highest BCUT2D eigenvalue weighted by Crippen LogP contribution is 2.32. The second kappa shape index (κ2) is 4.13. The van der Waals surface area contributed by atoms with Crippen molar-refractivity contribution in [3.8, 4) is 0 Å². The Kier molecular flexibility index (Phi) is 2.35. The van der Waals surface area contributed by atoms with Gasteiger partial charge in [-0.15, -0.1) is 5.73 Å². The van der Waals surface area contributed by atoms with Crippen LogP contribution in [0.2, 0.25) is 0 Å². The molecular weight excluding hydrogens is 288 g/mol. The van der Waals surface area contributed by atoms with E-state index >= 15 is 0 Å². The van der Waals surface area contributed by atoms with Crippen LogP contribution in [0, 0.1) is 5.92 Å². The van der Waals surface area contributed by atoms with E-state index < -0.39 is 29.8 Å². The number of rotatable bonds is 1.